The first-order valence-electron chi connectivity index (χ1n) is 6.77. The zero-order valence-corrected chi connectivity index (χ0v) is 12.7. The van der Waals surface area contributed by atoms with Crippen molar-refractivity contribution in [2.75, 3.05) is 23.3 Å². The molecular weight excluding hydrogens is 293 g/mol. The molecule has 2 rings (SSSR count). The smallest absolute Gasteiger partial charge is 0.231 e. The second-order valence-electron chi connectivity index (χ2n) is 4.38. The molecule has 5 nitrogen and oxygen atoms in total. The Morgan fingerprint density at radius 3 is 2.38 bits per heavy atom. The molecular formula is C14H17ClFN5. The van der Waals surface area contributed by atoms with Crippen LogP contribution < -0.4 is 10.2 Å². The molecule has 0 aliphatic heterocycles. The normalized spacial score (nSPS) is 10.5. The maximum absolute atomic E-state index is 12.8. The van der Waals surface area contributed by atoms with Gasteiger partial charge in [-0.3, -0.25) is 0 Å². The van der Waals surface area contributed by atoms with Crippen molar-refractivity contribution in [1.82, 2.24) is 15.0 Å². The Hall–Kier alpha value is -1.95. The molecule has 21 heavy (non-hydrogen) atoms. The molecule has 0 bridgehead atoms. The molecule has 1 aromatic carbocycles. The van der Waals surface area contributed by atoms with E-state index in [-0.39, 0.29) is 11.1 Å². The van der Waals surface area contributed by atoms with E-state index in [0.717, 1.165) is 18.7 Å². The molecule has 7 heteroatoms. The minimum atomic E-state index is -0.259. The van der Waals surface area contributed by atoms with Gasteiger partial charge in [0.1, 0.15) is 5.82 Å². The van der Waals surface area contributed by atoms with E-state index in [1.165, 1.54) is 12.1 Å². The Balaban J connectivity index is 2.10. The standard InChI is InChI=1S/C14H17ClFN5/c1-3-21(4-2)14-19-12(15)18-13(20-14)17-9-10-5-7-11(16)8-6-10/h5-8H,3-4,9H2,1-2H3,(H,17,18,19,20). The van der Waals surface area contributed by atoms with Gasteiger partial charge in [0, 0.05) is 19.6 Å². The van der Waals surface area contributed by atoms with Crippen LogP contribution >= 0.6 is 11.6 Å². The van der Waals surface area contributed by atoms with Crippen molar-refractivity contribution in [3.05, 3.63) is 40.9 Å². The number of hydrogen-bond donors (Lipinski definition) is 1. The molecule has 0 atom stereocenters. The Labute approximate surface area is 128 Å². The van der Waals surface area contributed by atoms with E-state index in [1.54, 1.807) is 12.1 Å². The molecule has 1 aromatic heterocycles. The summed E-state index contributed by atoms with van der Waals surface area (Å²) >= 11 is 5.93. The SMILES string of the molecule is CCN(CC)c1nc(Cl)nc(NCc2ccc(F)cc2)n1. The Kier molecular flexibility index (Phi) is 5.27. The summed E-state index contributed by atoms with van der Waals surface area (Å²) < 4.78 is 12.8. The molecule has 0 amide bonds. The molecule has 0 spiro atoms. The van der Waals surface area contributed by atoms with Crippen molar-refractivity contribution in [3.8, 4) is 0 Å². The van der Waals surface area contributed by atoms with Crippen LogP contribution in [0.3, 0.4) is 0 Å². The van der Waals surface area contributed by atoms with Gasteiger partial charge in [0.2, 0.25) is 17.2 Å². The second kappa shape index (κ2) is 7.17. The molecule has 0 unspecified atom stereocenters. The third kappa shape index (κ3) is 4.26. The maximum atomic E-state index is 12.8. The van der Waals surface area contributed by atoms with E-state index in [9.17, 15) is 4.39 Å². The molecule has 1 heterocycles. The number of nitrogens with zero attached hydrogens (tertiary/aromatic N) is 4. The van der Waals surface area contributed by atoms with Gasteiger partial charge < -0.3 is 10.2 Å². The largest absolute Gasteiger partial charge is 0.350 e. The van der Waals surface area contributed by atoms with Gasteiger partial charge in [-0.25, -0.2) is 4.39 Å². The van der Waals surface area contributed by atoms with Crippen LogP contribution in [0.5, 0.6) is 0 Å². The van der Waals surface area contributed by atoms with Gasteiger partial charge in [-0.1, -0.05) is 12.1 Å². The minimum Gasteiger partial charge on any atom is -0.350 e. The van der Waals surface area contributed by atoms with Gasteiger partial charge in [-0.05, 0) is 43.1 Å². The van der Waals surface area contributed by atoms with Crippen LogP contribution in [0.2, 0.25) is 5.28 Å². The van der Waals surface area contributed by atoms with Gasteiger partial charge in [-0.15, -0.1) is 0 Å². The third-order valence-corrected chi connectivity index (χ3v) is 3.18. The highest BCUT2D eigenvalue weighted by atomic mass is 35.5. The number of anilines is 2. The molecule has 112 valence electrons. The van der Waals surface area contributed by atoms with Crippen LogP contribution in [-0.4, -0.2) is 28.0 Å². The summed E-state index contributed by atoms with van der Waals surface area (Å²) in [7, 11) is 0. The van der Waals surface area contributed by atoms with Crippen LogP contribution in [0.4, 0.5) is 16.3 Å². The lowest BCUT2D eigenvalue weighted by molar-refractivity contribution is 0.627. The van der Waals surface area contributed by atoms with Crippen molar-refractivity contribution in [1.29, 1.82) is 0 Å². The molecule has 0 aliphatic rings. The van der Waals surface area contributed by atoms with Crippen LogP contribution in [0, 0.1) is 5.82 Å². The second-order valence-corrected chi connectivity index (χ2v) is 4.72. The average molecular weight is 310 g/mol. The van der Waals surface area contributed by atoms with E-state index < -0.39 is 0 Å². The molecule has 0 fully saturated rings. The van der Waals surface area contributed by atoms with Crippen LogP contribution in [0.15, 0.2) is 24.3 Å². The van der Waals surface area contributed by atoms with Crippen molar-refractivity contribution >= 4 is 23.5 Å². The summed E-state index contributed by atoms with van der Waals surface area (Å²) in [4.78, 5) is 14.5. The molecule has 0 saturated carbocycles. The molecule has 2 aromatic rings. The van der Waals surface area contributed by atoms with Gasteiger partial charge in [-0.2, -0.15) is 15.0 Å². The van der Waals surface area contributed by atoms with E-state index in [4.69, 9.17) is 11.6 Å². The summed E-state index contributed by atoms with van der Waals surface area (Å²) in [6.07, 6.45) is 0. The zero-order chi connectivity index (χ0) is 15.2. The lowest BCUT2D eigenvalue weighted by Crippen LogP contribution is -2.25. The average Bonchev–Trinajstić information content (AvgIpc) is 2.47. The Morgan fingerprint density at radius 2 is 1.76 bits per heavy atom. The predicted octanol–water partition coefficient (Wildman–Crippen LogP) is 3.12. The molecule has 0 aliphatic carbocycles. The zero-order valence-electron chi connectivity index (χ0n) is 12.0. The van der Waals surface area contributed by atoms with Gasteiger partial charge in [0.05, 0.1) is 0 Å². The number of aromatic nitrogens is 3. The lowest BCUT2D eigenvalue weighted by Gasteiger charge is -2.18. The topological polar surface area (TPSA) is 53.9 Å². The van der Waals surface area contributed by atoms with Crippen LogP contribution in [0.25, 0.3) is 0 Å². The summed E-state index contributed by atoms with van der Waals surface area (Å²) in [6, 6.07) is 6.24. The summed E-state index contributed by atoms with van der Waals surface area (Å²) in [5.74, 6) is 0.689. The maximum Gasteiger partial charge on any atom is 0.231 e. The fraction of sp³-hybridized carbons (Fsp3) is 0.357. The van der Waals surface area contributed by atoms with Crippen LogP contribution in [0.1, 0.15) is 19.4 Å². The first kappa shape index (κ1) is 15.4. The number of benzene rings is 1. The first-order chi connectivity index (χ1) is 10.1. The first-order valence-corrected chi connectivity index (χ1v) is 7.15. The highest BCUT2D eigenvalue weighted by Crippen LogP contribution is 2.14. The van der Waals surface area contributed by atoms with Gasteiger partial charge in [0.25, 0.3) is 0 Å². The summed E-state index contributed by atoms with van der Waals surface area (Å²) in [5, 5.41) is 3.22. The van der Waals surface area contributed by atoms with E-state index in [0.29, 0.717) is 18.4 Å². The number of rotatable bonds is 6. The molecule has 0 radical (unpaired) electrons. The van der Waals surface area contributed by atoms with Crippen molar-refractivity contribution < 1.29 is 4.39 Å². The summed E-state index contributed by atoms with van der Waals surface area (Å²) in [5.41, 5.74) is 0.928. The predicted molar refractivity (Wildman–Crippen MR) is 82.1 cm³/mol. The van der Waals surface area contributed by atoms with E-state index >= 15 is 0 Å². The monoisotopic (exact) mass is 309 g/mol. The summed E-state index contributed by atoms with van der Waals surface area (Å²) in [6.45, 7) is 6.10. The Bertz CT molecular complexity index is 586. The van der Waals surface area contributed by atoms with Crippen molar-refractivity contribution in [3.63, 3.8) is 0 Å². The fourth-order valence-electron chi connectivity index (χ4n) is 1.85. The fourth-order valence-corrected chi connectivity index (χ4v) is 2.01. The van der Waals surface area contributed by atoms with Crippen molar-refractivity contribution in [2.24, 2.45) is 0 Å². The quantitative estimate of drug-likeness (QED) is 0.888. The molecule has 1 N–H and O–H groups in total. The highest BCUT2D eigenvalue weighted by Gasteiger charge is 2.09. The van der Waals surface area contributed by atoms with Gasteiger partial charge in [0.15, 0.2) is 0 Å². The number of hydrogen-bond acceptors (Lipinski definition) is 5. The number of nitrogens with one attached hydrogen (secondary N) is 1. The third-order valence-electron chi connectivity index (χ3n) is 3.01. The highest BCUT2D eigenvalue weighted by molar-refractivity contribution is 6.28. The minimum absolute atomic E-state index is 0.147. The lowest BCUT2D eigenvalue weighted by atomic mass is 10.2. The van der Waals surface area contributed by atoms with Crippen LogP contribution in [-0.2, 0) is 6.54 Å². The van der Waals surface area contributed by atoms with Crippen molar-refractivity contribution in [2.45, 2.75) is 20.4 Å². The number of halogens is 2. The molecule has 0 saturated heterocycles. The van der Waals surface area contributed by atoms with E-state index in [1.807, 2.05) is 18.7 Å². The Morgan fingerprint density at radius 1 is 1.10 bits per heavy atom. The van der Waals surface area contributed by atoms with E-state index in [2.05, 4.69) is 20.3 Å². The van der Waals surface area contributed by atoms with Gasteiger partial charge >= 0.3 is 0 Å².